The van der Waals surface area contributed by atoms with E-state index in [0.29, 0.717) is 0 Å². The number of hydrogen-bond donors (Lipinski definition) is 2. The Balaban J connectivity index is 2.71. The minimum Gasteiger partial charge on any atom is -0.342 e. The zero-order valence-corrected chi connectivity index (χ0v) is 9.83. The van der Waals surface area contributed by atoms with Gasteiger partial charge < -0.3 is 10.6 Å². The van der Waals surface area contributed by atoms with Crippen LogP contribution in [0, 0.1) is 11.8 Å². The van der Waals surface area contributed by atoms with Crippen molar-refractivity contribution in [2.24, 2.45) is 11.8 Å². The highest BCUT2D eigenvalue weighted by Gasteiger charge is 2.37. The van der Waals surface area contributed by atoms with Crippen LogP contribution in [0.1, 0.15) is 34.1 Å². The predicted octanol–water partition coefficient (Wildman–Crippen LogP) is 0.672. The maximum absolute atomic E-state index is 11.7. The molecule has 0 unspecified atom stereocenters. The number of amides is 2. The van der Waals surface area contributed by atoms with Crippen molar-refractivity contribution in [2.75, 3.05) is 0 Å². The topological polar surface area (TPSA) is 58.2 Å². The average Bonchev–Trinajstić information content (AvgIpc) is 2.19. The number of piperazine rings is 1. The van der Waals surface area contributed by atoms with Gasteiger partial charge in [0.2, 0.25) is 11.8 Å². The van der Waals surface area contributed by atoms with Gasteiger partial charge in [-0.05, 0) is 11.8 Å². The fraction of sp³-hybridized carbons (Fsp3) is 0.818. The molecular formula is C11H20N2O2. The largest absolute Gasteiger partial charge is 0.342 e. The quantitative estimate of drug-likeness (QED) is 0.722. The maximum Gasteiger partial charge on any atom is 0.243 e. The van der Waals surface area contributed by atoms with E-state index in [4.69, 9.17) is 0 Å². The lowest BCUT2D eigenvalue weighted by molar-refractivity contribution is -0.139. The second-order valence-corrected chi connectivity index (χ2v) is 4.60. The Bertz CT molecular complexity index is 263. The molecule has 0 aromatic rings. The first-order valence-corrected chi connectivity index (χ1v) is 5.58. The van der Waals surface area contributed by atoms with E-state index in [1.54, 1.807) is 0 Å². The second-order valence-electron chi connectivity index (χ2n) is 4.60. The molecule has 4 nitrogen and oxygen atoms in total. The van der Waals surface area contributed by atoms with E-state index in [-0.39, 0.29) is 35.7 Å². The van der Waals surface area contributed by atoms with Crippen molar-refractivity contribution in [3.8, 4) is 0 Å². The molecule has 1 heterocycles. The zero-order valence-electron chi connectivity index (χ0n) is 9.83. The normalized spacial score (nSPS) is 28.6. The van der Waals surface area contributed by atoms with Crippen LogP contribution in [-0.2, 0) is 9.59 Å². The summed E-state index contributed by atoms with van der Waals surface area (Å²) in [6, 6.07) is -0.740. The molecule has 3 atom stereocenters. The summed E-state index contributed by atoms with van der Waals surface area (Å²) in [7, 11) is 0. The van der Waals surface area contributed by atoms with E-state index in [1.807, 2.05) is 27.7 Å². The molecule has 1 fully saturated rings. The van der Waals surface area contributed by atoms with Crippen LogP contribution < -0.4 is 10.6 Å². The minimum atomic E-state index is -0.377. The number of carbonyl (C=O) groups excluding carboxylic acids is 2. The molecule has 0 aliphatic carbocycles. The van der Waals surface area contributed by atoms with Gasteiger partial charge in [0, 0.05) is 0 Å². The fourth-order valence-electron chi connectivity index (χ4n) is 1.72. The van der Waals surface area contributed by atoms with Gasteiger partial charge in [0.05, 0.1) is 0 Å². The molecule has 0 saturated carbocycles. The van der Waals surface area contributed by atoms with E-state index in [9.17, 15) is 9.59 Å². The third kappa shape index (κ3) is 2.49. The monoisotopic (exact) mass is 212 g/mol. The van der Waals surface area contributed by atoms with Gasteiger partial charge in [0.15, 0.2) is 0 Å². The molecule has 0 spiro atoms. The van der Waals surface area contributed by atoms with Gasteiger partial charge in [-0.1, -0.05) is 34.1 Å². The van der Waals surface area contributed by atoms with Crippen LogP contribution in [0.4, 0.5) is 0 Å². The van der Waals surface area contributed by atoms with Crippen LogP contribution in [-0.4, -0.2) is 23.9 Å². The summed E-state index contributed by atoms with van der Waals surface area (Å²) in [5, 5.41) is 5.58. The van der Waals surface area contributed by atoms with Gasteiger partial charge in [-0.15, -0.1) is 0 Å². The molecule has 15 heavy (non-hydrogen) atoms. The van der Waals surface area contributed by atoms with Crippen molar-refractivity contribution in [3.63, 3.8) is 0 Å². The molecule has 0 aromatic carbocycles. The Morgan fingerprint density at radius 3 is 2.00 bits per heavy atom. The summed E-state index contributed by atoms with van der Waals surface area (Å²) in [4.78, 5) is 23.4. The second kappa shape index (κ2) is 4.64. The van der Waals surface area contributed by atoms with E-state index < -0.39 is 0 Å². The third-order valence-electron chi connectivity index (χ3n) is 3.04. The Labute approximate surface area is 90.8 Å². The molecule has 1 rings (SSSR count). The van der Waals surface area contributed by atoms with Gasteiger partial charge in [0.1, 0.15) is 12.1 Å². The molecule has 0 radical (unpaired) electrons. The Kier molecular flexibility index (Phi) is 3.72. The molecule has 1 aliphatic heterocycles. The van der Waals surface area contributed by atoms with Crippen LogP contribution in [0.15, 0.2) is 0 Å². The summed E-state index contributed by atoms with van der Waals surface area (Å²) < 4.78 is 0. The summed E-state index contributed by atoms with van der Waals surface area (Å²) in [5.41, 5.74) is 0. The van der Waals surface area contributed by atoms with E-state index in [2.05, 4.69) is 10.6 Å². The third-order valence-corrected chi connectivity index (χ3v) is 3.04. The highest BCUT2D eigenvalue weighted by atomic mass is 16.2. The highest BCUT2D eigenvalue weighted by molar-refractivity contribution is 5.97. The molecule has 0 bridgehead atoms. The molecule has 2 amide bonds. The van der Waals surface area contributed by atoms with Gasteiger partial charge in [0.25, 0.3) is 0 Å². The van der Waals surface area contributed by atoms with Crippen molar-refractivity contribution in [2.45, 2.75) is 46.2 Å². The number of carbonyl (C=O) groups is 2. The average molecular weight is 212 g/mol. The lowest BCUT2D eigenvalue weighted by atomic mass is 9.93. The molecule has 4 heteroatoms. The minimum absolute atomic E-state index is 0.0531. The predicted molar refractivity (Wildman–Crippen MR) is 58.2 cm³/mol. The van der Waals surface area contributed by atoms with E-state index in [0.717, 1.165) is 6.42 Å². The van der Waals surface area contributed by atoms with Crippen LogP contribution in [0.3, 0.4) is 0 Å². The molecule has 1 saturated heterocycles. The van der Waals surface area contributed by atoms with Crippen molar-refractivity contribution in [1.82, 2.24) is 10.6 Å². The van der Waals surface area contributed by atoms with Crippen molar-refractivity contribution in [3.05, 3.63) is 0 Å². The number of rotatable bonds is 3. The molecule has 1 aliphatic rings. The van der Waals surface area contributed by atoms with Crippen LogP contribution in [0.2, 0.25) is 0 Å². The Morgan fingerprint density at radius 2 is 1.53 bits per heavy atom. The highest BCUT2D eigenvalue weighted by Crippen LogP contribution is 2.14. The van der Waals surface area contributed by atoms with Crippen LogP contribution >= 0.6 is 0 Å². The molecule has 0 aromatic heterocycles. The first-order chi connectivity index (χ1) is 6.97. The lowest BCUT2D eigenvalue weighted by Gasteiger charge is -2.34. The number of nitrogens with one attached hydrogen (secondary N) is 2. The van der Waals surface area contributed by atoms with Gasteiger partial charge in [-0.3, -0.25) is 9.59 Å². The standard InChI is InChI=1S/C11H20N2O2/c1-5-7(4)9-11(15)12-8(6(2)3)10(14)13-9/h6-9H,5H2,1-4H3,(H,12,15)(H,13,14)/t7-,8-,9-/m0/s1. The van der Waals surface area contributed by atoms with Gasteiger partial charge >= 0.3 is 0 Å². The van der Waals surface area contributed by atoms with E-state index in [1.165, 1.54) is 0 Å². The van der Waals surface area contributed by atoms with Crippen molar-refractivity contribution < 1.29 is 9.59 Å². The molecule has 86 valence electrons. The Hall–Kier alpha value is -1.06. The van der Waals surface area contributed by atoms with Gasteiger partial charge in [-0.25, -0.2) is 0 Å². The Morgan fingerprint density at radius 1 is 1.07 bits per heavy atom. The van der Waals surface area contributed by atoms with E-state index >= 15 is 0 Å². The van der Waals surface area contributed by atoms with Crippen molar-refractivity contribution >= 4 is 11.8 Å². The fourth-order valence-corrected chi connectivity index (χ4v) is 1.72. The summed E-state index contributed by atoms with van der Waals surface area (Å²) in [5.74, 6) is 0.200. The first-order valence-electron chi connectivity index (χ1n) is 5.58. The maximum atomic E-state index is 11.7. The summed E-state index contributed by atoms with van der Waals surface area (Å²) >= 11 is 0. The summed E-state index contributed by atoms with van der Waals surface area (Å²) in [6.07, 6.45) is 0.880. The summed E-state index contributed by atoms with van der Waals surface area (Å²) in [6.45, 7) is 7.83. The SMILES string of the molecule is CC[C@H](C)[C@@H]1NC(=O)[C@H](C(C)C)NC1=O. The first kappa shape index (κ1) is 12.0. The van der Waals surface area contributed by atoms with Gasteiger partial charge in [-0.2, -0.15) is 0 Å². The van der Waals surface area contributed by atoms with Crippen LogP contribution in [0.5, 0.6) is 0 Å². The number of hydrogen-bond acceptors (Lipinski definition) is 2. The smallest absolute Gasteiger partial charge is 0.243 e. The van der Waals surface area contributed by atoms with Crippen LogP contribution in [0.25, 0.3) is 0 Å². The zero-order chi connectivity index (χ0) is 11.6. The van der Waals surface area contributed by atoms with Crippen molar-refractivity contribution in [1.29, 1.82) is 0 Å². The molecular weight excluding hydrogens is 192 g/mol. The molecule has 2 N–H and O–H groups in total. The lowest BCUT2D eigenvalue weighted by Crippen LogP contribution is -2.64.